The number of nitrogens with zero attached hydrogens (tertiary/aromatic N) is 3. The predicted molar refractivity (Wildman–Crippen MR) is 135 cm³/mol. The third-order valence-corrected chi connectivity index (χ3v) is 9.50. The van der Waals surface area contributed by atoms with Crippen molar-refractivity contribution in [2.45, 2.75) is 58.4 Å². The maximum Gasteiger partial charge on any atom is 0.322 e. The molecule has 2 unspecified atom stereocenters. The molecule has 2 aliphatic carbocycles. The molecule has 1 amide bonds. The molecule has 2 aliphatic rings. The molecule has 2 fully saturated rings. The van der Waals surface area contributed by atoms with Crippen LogP contribution in [-0.4, -0.2) is 70.2 Å². The zero-order valence-corrected chi connectivity index (χ0v) is 22.1. The van der Waals surface area contributed by atoms with Gasteiger partial charge in [-0.2, -0.15) is 0 Å². The number of aromatic amines is 1. The molecule has 0 aliphatic heterocycles. The Hall–Kier alpha value is -3.39. The van der Waals surface area contributed by atoms with Gasteiger partial charge in [-0.1, -0.05) is 31.1 Å². The van der Waals surface area contributed by atoms with Crippen molar-refractivity contribution in [1.29, 1.82) is 0 Å². The first-order valence-electron chi connectivity index (χ1n) is 12.4. The monoisotopic (exact) mass is 548 g/mol. The first-order valence-corrected chi connectivity index (χ1v) is 14.1. The number of aliphatic carboxylic acids is 1. The van der Waals surface area contributed by atoms with Crippen LogP contribution in [0.25, 0.3) is 0 Å². The summed E-state index contributed by atoms with van der Waals surface area (Å²) in [4.78, 5) is 36.4. The van der Waals surface area contributed by atoms with Gasteiger partial charge in [0.2, 0.25) is 21.9 Å². The average Bonchev–Trinajstić information content (AvgIpc) is 3.48. The number of carbonyl (C=O) groups is 3. The van der Waals surface area contributed by atoms with E-state index in [1.807, 2.05) is 13.8 Å². The minimum Gasteiger partial charge on any atom is -0.494 e. The Morgan fingerprint density at radius 3 is 2.58 bits per heavy atom. The molecule has 206 valence electrons. The van der Waals surface area contributed by atoms with E-state index in [0.717, 1.165) is 6.42 Å². The van der Waals surface area contributed by atoms with Crippen LogP contribution in [0.1, 0.15) is 51.5 Å². The standard InChI is InChI=1S/C24H32N6O7S/c1-23(2)16-9-10-24(23,19(31)13-16)14-38(35,36)28-18(21(33)34)12-15-5-7-17(8-6-15)37-11-3-4-20(32)25-22-26-29-30-27-22/h5-8,16,18,28H,3-4,9-14H2,1-2H3,(H,33,34)(H2,25,26,27,29,30,32)/t16?,18-,24?/m0/s1. The highest BCUT2D eigenvalue weighted by atomic mass is 32.2. The number of carboxylic acid groups (broad SMARTS) is 1. The van der Waals surface area contributed by atoms with Gasteiger partial charge in [0.15, 0.2) is 0 Å². The van der Waals surface area contributed by atoms with Crippen molar-refractivity contribution >= 4 is 33.6 Å². The Morgan fingerprint density at radius 2 is 2.00 bits per heavy atom. The lowest BCUT2D eigenvalue weighted by molar-refractivity contribution is -0.139. The number of amides is 1. The van der Waals surface area contributed by atoms with Crippen LogP contribution in [0, 0.1) is 16.7 Å². The highest BCUT2D eigenvalue weighted by molar-refractivity contribution is 7.89. The average molecular weight is 549 g/mol. The number of anilines is 1. The SMILES string of the molecule is CC1(C)C2CCC1(CS(=O)(=O)N[C@@H](Cc1ccc(OCCCC(=O)Nc3nnn[nH]3)cc1)C(=O)O)C(=O)C2. The van der Waals surface area contributed by atoms with Crippen molar-refractivity contribution in [3.8, 4) is 5.75 Å². The minimum atomic E-state index is -4.05. The lowest BCUT2D eigenvalue weighted by Crippen LogP contribution is -2.49. The molecule has 14 heteroatoms. The Morgan fingerprint density at radius 1 is 1.26 bits per heavy atom. The van der Waals surface area contributed by atoms with Crippen LogP contribution in [0.2, 0.25) is 0 Å². The van der Waals surface area contributed by atoms with Crippen molar-refractivity contribution in [2.24, 2.45) is 16.7 Å². The molecule has 1 heterocycles. The first-order chi connectivity index (χ1) is 17.9. The van der Waals surface area contributed by atoms with Gasteiger partial charge >= 0.3 is 5.97 Å². The van der Waals surface area contributed by atoms with E-state index in [2.05, 4.69) is 30.7 Å². The molecule has 4 N–H and O–H groups in total. The number of ketones is 1. The van der Waals surface area contributed by atoms with Gasteiger partial charge in [-0.05, 0) is 65.1 Å². The van der Waals surface area contributed by atoms with Crippen LogP contribution in [0.3, 0.4) is 0 Å². The number of hydrogen-bond acceptors (Lipinski definition) is 9. The number of sulfonamides is 1. The summed E-state index contributed by atoms with van der Waals surface area (Å²) >= 11 is 0. The molecular formula is C24H32N6O7S. The van der Waals surface area contributed by atoms with Crippen molar-refractivity contribution < 1.29 is 32.6 Å². The molecule has 38 heavy (non-hydrogen) atoms. The number of benzene rings is 1. The summed E-state index contributed by atoms with van der Waals surface area (Å²) in [7, 11) is -4.05. The Bertz CT molecular complexity index is 1280. The summed E-state index contributed by atoms with van der Waals surface area (Å²) in [5.41, 5.74) is -0.811. The van der Waals surface area contributed by atoms with Crippen molar-refractivity contribution in [2.75, 3.05) is 17.7 Å². The lowest BCUT2D eigenvalue weighted by Gasteiger charge is -2.36. The van der Waals surface area contributed by atoms with Crippen molar-refractivity contribution in [3.05, 3.63) is 29.8 Å². The van der Waals surface area contributed by atoms with Crippen LogP contribution in [-0.2, 0) is 30.8 Å². The molecule has 4 rings (SSSR count). The largest absolute Gasteiger partial charge is 0.494 e. The van der Waals surface area contributed by atoms with E-state index in [4.69, 9.17) is 4.74 Å². The third kappa shape index (κ3) is 5.85. The topological polar surface area (TPSA) is 193 Å². The first kappa shape index (κ1) is 27.6. The van der Waals surface area contributed by atoms with Crippen molar-refractivity contribution in [3.63, 3.8) is 0 Å². The quantitative estimate of drug-likeness (QED) is 0.265. The number of tetrazole rings is 1. The molecule has 2 bridgehead atoms. The van der Waals surface area contributed by atoms with Crippen LogP contribution < -0.4 is 14.8 Å². The summed E-state index contributed by atoms with van der Waals surface area (Å²) in [5.74, 6) is -1.15. The number of fused-ring (bicyclic) bond motifs is 2. The fraction of sp³-hybridized carbons (Fsp3) is 0.583. The number of aromatic nitrogens is 4. The van der Waals surface area contributed by atoms with E-state index >= 15 is 0 Å². The van der Waals surface area contributed by atoms with E-state index in [0.29, 0.717) is 30.6 Å². The van der Waals surface area contributed by atoms with Gasteiger partial charge in [-0.3, -0.25) is 19.7 Å². The zero-order chi connectivity index (χ0) is 27.6. The van der Waals surface area contributed by atoms with Gasteiger partial charge in [0.05, 0.1) is 12.4 Å². The molecule has 0 saturated heterocycles. The molecular weight excluding hydrogens is 516 g/mol. The highest BCUT2D eigenvalue weighted by Crippen LogP contribution is 2.64. The van der Waals surface area contributed by atoms with Gasteiger partial charge in [0.1, 0.15) is 17.6 Å². The molecule has 2 saturated carbocycles. The maximum atomic E-state index is 13.1. The Balaban J connectivity index is 1.28. The minimum absolute atomic E-state index is 0.0423. The number of Topliss-reactive ketones (excluding diaryl/α,β-unsaturated/α-hetero) is 1. The second-order valence-corrected chi connectivity index (χ2v) is 12.3. The zero-order valence-electron chi connectivity index (χ0n) is 21.3. The Kier molecular flexibility index (Phi) is 7.83. The molecule has 2 aromatic rings. The number of nitrogens with one attached hydrogen (secondary N) is 3. The highest BCUT2D eigenvalue weighted by Gasteiger charge is 2.65. The lowest BCUT2D eigenvalue weighted by atomic mass is 9.70. The molecule has 0 radical (unpaired) electrons. The number of hydrogen-bond donors (Lipinski definition) is 4. The Labute approximate surface area is 220 Å². The fourth-order valence-corrected chi connectivity index (χ4v) is 7.68. The summed E-state index contributed by atoms with van der Waals surface area (Å²) < 4.78 is 34.1. The number of ether oxygens (including phenoxy) is 1. The summed E-state index contributed by atoms with van der Waals surface area (Å²) in [6.45, 7) is 4.15. The second kappa shape index (κ2) is 10.8. The molecule has 1 aromatic carbocycles. The van der Waals surface area contributed by atoms with E-state index < -0.39 is 38.6 Å². The summed E-state index contributed by atoms with van der Waals surface area (Å²) in [6.07, 6.45) is 2.26. The summed E-state index contributed by atoms with van der Waals surface area (Å²) in [6, 6.07) is 5.25. The van der Waals surface area contributed by atoms with E-state index in [-0.39, 0.29) is 43.0 Å². The normalized spacial score (nSPS) is 22.8. The number of rotatable bonds is 13. The predicted octanol–water partition coefficient (Wildman–Crippen LogP) is 1.31. The van der Waals surface area contributed by atoms with Gasteiger partial charge in [0, 0.05) is 18.3 Å². The number of carboxylic acids is 1. The third-order valence-electron chi connectivity index (χ3n) is 7.98. The van der Waals surface area contributed by atoms with Crippen LogP contribution in [0.5, 0.6) is 5.75 Å². The number of carbonyl (C=O) groups excluding carboxylic acids is 2. The van der Waals surface area contributed by atoms with Gasteiger partial charge in [-0.15, -0.1) is 0 Å². The summed E-state index contributed by atoms with van der Waals surface area (Å²) in [5, 5.41) is 24.9. The van der Waals surface area contributed by atoms with Crippen LogP contribution in [0.4, 0.5) is 5.95 Å². The maximum absolute atomic E-state index is 13.1. The molecule has 3 atom stereocenters. The van der Waals surface area contributed by atoms with Gasteiger partial charge < -0.3 is 9.84 Å². The second-order valence-electron chi connectivity index (χ2n) is 10.5. The van der Waals surface area contributed by atoms with Crippen LogP contribution >= 0.6 is 0 Å². The van der Waals surface area contributed by atoms with Crippen molar-refractivity contribution in [1.82, 2.24) is 25.3 Å². The molecule has 0 spiro atoms. The molecule has 13 nitrogen and oxygen atoms in total. The fourth-order valence-electron chi connectivity index (χ4n) is 5.66. The van der Waals surface area contributed by atoms with E-state index in [9.17, 15) is 27.9 Å². The van der Waals surface area contributed by atoms with Crippen LogP contribution in [0.15, 0.2) is 24.3 Å². The van der Waals surface area contributed by atoms with E-state index in [1.165, 1.54) is 0 Å². The number of H-pyrrole nitrogens is 1. The smallest absolute Gasteiger partial charge is 0.322 e. The van der Waals surface area contributed by atoms with Gasteiger partial charge in [-0.25, -0.2) is 18.2 Å². The van der Waals surface area contributed by atoms with E-state index in [1.54, 1.807) is 24.3 Å². The molecule has 1 aromatic heterocycles. The van der Waals surface area contributed by atoms with Gasteiger partial charge in [0.25, 0.3) is 0 Å².